The van der Waals surface area contributed by atoms with Gasteiger partial charge in [-0.1, -0.05) is 23.7 Å². The van der Waals surface area contributed by atoms with Gasteiger partial charge in [0.05, 0.1) is 0 Å². The molecule has 2 aliphatic carbocycles. The second-order valence-electron chi connectivity index (χ2n) is 6.28. The fourth-order valence-electron chi connectivity index (χ4n) is 3.19. The molecule has 21 heavy (non-hydrogen) atoms. The lowest BCUT2D eigenvalue weighted by Crippen LogP contribution is -2.36. The summed E-state index contributed by atoms with van der Waals surface area (Å²) in [5, 5.41) is 3.89. The fourth-order valence-corrected chi connectivity index (χ4v) is 3.38. The molecule has 1 amide bonds. The summed E-state index contributed by atoms with van der Waals surface area (Å²) < 4.78 is 0. The monoisotopic (exact) mass is 328 g/mol. The van der Waals surface area contributed by atoms with Gasteiger partial charge >= 0.3 is 0 Å². The van der Waals surface area contributed by atoms with Gasteiger partial charge in [-0.2, -0.15) is 0 Å². The standard InChI is InChI=1S/C16H21ClN2O.ClH/c17-13-3-1-2-12(9-13)16(6-7-16)10-19-15(20)11-4-5-14(18)8-11;/h1-3,9,11,14H,4-8,10,18H2,(H,19,20);1H. The summed E-state index contributed by atoms with van der Waals surface area (Å²) in [4.78, 5) is 12.2. The summed E-state index contributed by atoms with van der Waals surface area (Å²) in [6.07, 6.45) is 4.97. The minimum Gasteiger partial charge on any atom is -0.355 e. The molecule has 1 aromatic carbocycles. The van der Waals surface area contributed by atoms with E-state index < -0.39 is 0 Å². The average Bonchev–Trinajstić information content (AvgIpc) is 3.11. The van der Waals surface area contributed by atoms with Crippen molar-refractivity contribution in [2.75, 3.05) is 6.54 Å². The van der Waals surface area contributed by atoms with Crippen molar-refractivity contribution in [1.29, 1.82) is 0 Å². The van der Waals surface area contributed by atoms with Crippen LogP contribution in [-0.4, -0.2) is 18.5 Å². The van der Waals surface area contributed by atoms with E-state index in [1.54, 1.807) is 0 Å². The summed E-state index contributed by atoms with van der Waals surface area (Å²) in [7, 11) is 0. The minimum atomic E-state index is 0. The molecule has 0 saturated heterocycles. The first kappa shape index (κ1) is 16.6. The van der Waals surface area contributed by atoms with Crippen LogP contribution in [0, 0.1) is 5.92 Å². The third kappa shape index (κ3) is 3.71. The predicted octanol–water partition coefficient (Wildman–Crippen LogP) is 3.04. The molecule has 2 aliphatic rings. The molecule has 0 spiro atoms. The lowest BCUT2D eigenvalue weighted by molar-refractivity contribution is -0.124. The number of nitrogens with two attached hydrogens (primary N) is 1. The van der Waals surface area contributed by atoms with Gasteiger partial charge in [-0.3, -0.25) is 4.79 Å². The summed E-state index contributed by atoms with van der Waals surface area (Å²) in [6, 6.07) is 8.20. The number of hydrogen-bond donors (Lipinski definition) is 2. The van der Waals surface area contributed by atoms with E-state index in [9.17, 15) is 4.79 Å². The quantitative estimate of drug-likeness (QED) is 0.892. The predicted molar refractivity (Wildman–Crippen MR) is 87.9 cm³/mol. The average molecular weight is 329 g/mol. The first-order chi connectivity index (χ1) is 9.59. The number of halogens is 2. The van der Waals surface area contributed by atoms with Crippen molar-refractivity contribution in [2.24, 2.45) is 11.7 Å². The molecule has 2 atom stereocenters. The topological polar surface area (TPSA) is 55.1 Å². The van der Waals surface area contributed by atoms with Gasteiger partial charge < -0.3 is 11.1 Å². The Balaban J connectivity index is 0.00000161. The number of carbonyl (C=O) groups is 1. The van der Waals surface area contributed by atoms with Crippen molar-refractivity contribution in [3.8, 4) is 0 Å². The first-order valence-corrected chi connectivity index (χ1v) is 7.76. The third-order valence-corrected chi connectivity index (χ3v) is 4.97. The number of amides is 1. The van der Waals surface area contributed by atoms with Crippen LogP contribution >= 0.6 is 24.0 Å². The van der Waals surface area contributed by atoms with Crippen LogP contribution in [0.2, 0.25) is 5.02 Å². The van der Waals surface area contributed by atoms with Gasteiger partial charge in [0.15, 0.2) is 0 Å². The number of hydrogen-bond acceptors (Lipinski definition) is 2. The van der Waals surface area contributed by atoms with E-state index in [0.717, 1.165) is 43.7 Å². The molecule has 2 saturated carbocycles. The van der Waals surface area contributed by atoms with Gasteiger partial charge in [-0.25, -0.2) is 0 Å². The molecular weight excluding hydrogens is 307 g/mol. The van der Waals surface area contributed by atoms with E-state index in [2.05, 4.69) is 11.4 Å². The van der Waals surface area contributed by atoms with Crippen LogP contribution in [0.1, 0.15) is 37.7 Å². The van der Waals surface area contributed by atoms with Crippen LogP contribution in [0.5, 0.6) is 0 Å². The Morgan fingerprint density at radius 2 is 2.14 bits per heavy atom. The van der Waals surface area contributed by atoms with Gasteiger partial charge in [0, 0.05) is 28.9 Å². The molecule has 3 N–H and O–H groups in total. The third-order valence-electron chi connectivity index (χ3n) is 4.74. The Morgan fingerprint density at radius 3 is 2.71 bits per heavy atom. The first-order valence-electron chi connectivity index (χ1n) is 7.38. The molecule has 0 aliphatic heterocycles. The van der Waals surface area contributed by atoms with Crippen molar-refractivity contribution in [3.05, 3.63) is 34.9 Å². The zero-order valence-corrected chi connectivity index (χ0v) is 13.6. The Kier molecular flexibility index (Phi) is 5.18. The molecular formula is C16H22Cl2N2O. The van der Waals surface area contributed by atoms with E-state index in [-0.39, 0.29) is 35.7 Å². The van der Waals surface area contributed by atoms with Crippen molar-refractivity contribution >= 4 is 29.9 Å². The van der Waals surface area contributed by atoms with Crippen LogP contribution in [0.3, 0.4) is 0 Å². The zero-order chi connectivity index (χ0) is 14.2. The molecule has 2 unspecified atom stereocenters. The lowest BCUT2D eigenvalue weighted by atomic mass is 9.95. The zero-order valence-electron chi connectivity index (χ0n) is 12.0. The second-order valence-corrected chi connectivity index (χ2v) is 6.71. The van der Waals surface area contributed by atoms with Crippen LogP contribution in [0.4, 0.5) is 0 Å². The summed E-state index contributed by atoms with van der Waals surface area (Å²) in [5.74, 6) is 0.284. The second kappa shape index (κ2) is 6.55. The van der Waals surface area contributed by atoms with Crippen molar-refractivity contribution in [1.82, 2.24) is 5.32 Å². The summed E-state index contributed by atoms with van der Waals surface area (Å²) >= 11 is 6.06. The van der Waals surface area contributed by atoms with E-state index in [1.165, 1.54) is 5.56 Å². The molecule has 116 valence electrons. The molecule has 0 heterocycles. The van der Waals surface area contributed by atoms with Crippen LogP contribution in [-0.2, 0) is 10.2 Å². The number of nitrogens with one attached hydrogen (secondary N) is 1. The maximum Gasteiger partial charge on any atom is 0.223 e. The van der Waals surface area contributed by atoms with Gasteiger partial charge in [-0.05, 0) is 49.8 Å². The lowest BCUT2D eigenvalue weighted by Gasteiger charge is -2.18. The van der Waals surface area contributed by atoms with Gasteiger partial charge in [-0.15, -0.1) is 12.4 Å². The SMILES string of the molecule is Cl.NC1CCC(C(=O)NCC2(c3cccc(Cl)c3)CC2)C1. The van der Waals surface area contributed by atoms with Crippen molar-refractivity contribution in [3.63, 3.8) is 0 Å². The maximum atomic E-state index is 12.2. The Labute approximate surface area is 137 Å². The molecule has 3 rings (SSSR count). The fraction of sp³-hybridized carbons (Fsp3) is 0.562. The highest BCUT2D eigenvalue weighted by atomic mass is 35.5. The van der Waals surface area contributed by atoms with Crippen LogP contribution in [0.25, 0.3) is 0 Å². The molecule has 0 bridgehead atoms. The Morgan fingerprint density at radius 1 is 1.38 bits per heavy atom. The number of carbonyl (C=O) groups excluding carboxylic acids is 1. The van der Waals surface area contributed by atoms with E-state index in [1.807, 2.05) is 18.2 Å². The van der Waals surface area contributed by atoms with E-state index in [4.69, 9.17) is 17.3 Å². The maximum absolute atomic E-state index is 12.2. The highest BCUT2D eigenvalue weighted by Crippen LogP contribution is 2.48. The molecule has 1 aromatic rings. The highest BCUT2D eigenvalue weighted by Gasteiger charge is 2.44. The number of benzene rings is 1. The van der Waals surface area contributed by atoms with Crippen LogP contribution in [0.15, 0.2) is 24.3 Å². The van der Waals surface area contributed by atoms with Crippen molar-refractivity contribution < 1.29 is 4.79 Å². The molecule has 3 nitrogen and oxygen atoms in total. The van der Waals surface area contributed by atoms with E-state index >= 15 is 0 Å². The van der Waals surface area contributed by atoms with Crippen molar-refractivity contribution in [2.45, 2.75) is 43.6 Å². The summed E-state index contributed by atoms with van der Waals surface area (Å²) in [5.41, 5.74) is 7.23. The van der Waals surface area contributed by atoms with Crippen LogP contribution < -0.4 is 11.1 Å². The van der Waals surface area contributed by atoms with E-state index in [0.29, 0.717) is 0 Å². The highest BCUT2D eigenvalue weighted by molar-refractivity contribution is 6.30. The normalized spacial score (nSPS) is 26.0. The van der Waals surface area contributed by atoms with Gasteiger partial charge in [0.25, 0.3) is 0 Å². The Bertz CT molecular complexity index is 517. The molecule has 2 fully saturated rings. The smallest absolute Gasteiger partial charge is 0.223 e. The summed E-state index contributed by atoms with van der Waals surface area (Å²) in [6.45, 7) is 0.720. The molecule has 5 heteroatoms. The van der Waals surface area contributed by atoms with Gasteiger partial charge in [0.1, 0.15) is 0 Å². The Hall–Kier alpha value is -0.770. The largest absolute Gasteiger partial charge is 0.355 e. The minimum absolute atomic E-state index is 0. The molecule has 0 aromatic heterocycles. The molecule has 0 radical (unpaired) electrons. The number of rotatable bonds is 4. The van der Waals surface area contributed by atoms with Gasteiger partial charge in [0.2, 0.25) is 5.91 Å².